The molecule has 1 amide bonds. The molecule has 0 radical (unpaired) electrons. The van der Waals surface area contributed by atoms with Gasteiger partial charge in [0.25, 0.3) is 0 Å². The van der Waals surface area contributed by atoms with E-state index in [0.29, 0.717) is 0 Å². The van der Waals surface area contributed by atoms with Gasteiger partial charge in [-0.3, -0.25) is 4.79 Å². The van der Waals surface area contributed by atoms with E-state index < -0.39 is 30.2 Å². The van der Waals surface area contributed by atoms with Gasteiger partial charge < -0.3 is 15.8 Å². The lowest BCUT2D eigenvalue weighted by molar-refractivity contribution is -0.274. The largest absolute Gasteiger partial charge is 0.409 e. The molecule has 0 aromatic heterocycles. The Morgan fingerprint density at radius 1 is 1.21 bits per heavy atom. The van der Waals surface area contributed by atoms with Gasteiger partial charge in [-0.2, -0.15) is 26.3 Å². The molecule has 0 rings (SSSR count). The van der Waals surface area contributed by atoms with Crippen molar-refractivity contribution in [1.82, 2.24) is 5.32 Å². The van der Waals surface area contributed by atoms with Crippen molar-refractivity contribution in [2.24, 2.45) is 11.7 Å². The lowest BCUT2D eigenvalue weighted by Gasteiger charge is -2.25. The van der Waals surface area contributed by atoms with Crippen molar-refractivity contribution in [2.45, 2.75) is 24.8 Å². The van der Waals surface area contributed by atoms with Crippen molar-refractivity contribution in [3.05, 3.63) is 0 Å². The molecule has 0 saturated carbocycles. The smallest absolute Gasteiger partial charge is 0.383 e. The third-order valence-electron chi connectivity index (χ3n) is 2.15. The molecule has 0 aromatic rings. The number of carbonyl (C=O) groups is 1. The summed E-state index contributed by atoms with van der Waals surface area (Å²) < 4.78 is 78.1. The Balaban J connectivity index is 4.91. The number of rotatable bonds is 6. The summed E-state index contributed by atoms with van der Waals surface area (Å²) in [5.74, 6) is -6.22. The number of alkyl halides is 6. The van der Waals surface area contributed by atoms with Crippen LogP contribution < -0.4 is 11.1 Å². The van der Waals surface area contributed by atoms with E-state index in [-0.39, 0.29) is 19.6 Å². The highest BCUT2D eigenvalue weighted by molar-refractivity contribution is 5.80. The fourth-order valence-corrected chi connectivity index (χ4v) is 1.37. The van der Waals surface area contributed by atoms with E-state index in [1.54, 1.807) is 5.32 Å². The fraction of sp³-hybridized carbons (Fsp3) is 0.889. The van der Waals surface area contributed by atoms with Crippen molar-refractivity contribution >= 4 is 5.91 Å². The maximum Gasteiger partial charge on any atom is 0.409 e. The highest BCUT2D eigenvalue weighted by Crippen LogP contribution is 2.39. The van der Waals surface area contributed by atoms with Gasteiger partial charge in [0.1, 0.15) is 0 Å². The van der Waals surface area contributed by atoms with Crippen LogP contribution in [0.5, 0.6) is 0 Å². The normalized spacial score (nSPS) is 14.6. The number of nitrogens with one attached hydrogen (secondary N) is 1. The third-order valence-corrected chi connectivity index (χ3v) is 2.15. The predicted molar refractivity (Wildman–Crippen MR) is 53.1 cm³/mol. The number of methoxy groups -OCH3 is 1. The number of carbonyl (C=O) groups excluding carboxylic acids is 1. The van der Waals surface area contributed by atoms with Crippen molar-refractivity contribution in [1.29, 1.82) is 0 Å². The van der Waals surface area contributed by atoms with E-state index in [9.17, 15) is 31.1 Å². The molecular formula is C9H14F6N2O2. The topological polar surface area (TPSA) is 64.3 Å². The molecule has 0 aliphatic carbocycles. The molecule has 10 heteroatoms. The van der Waals surface area contributed by atoms with Crippen molar-refractivity contribution in [3.8, 4) is 0 Å². The summed E-state index contributed by atoms with van der Waals surface area (Å²) in [7, 11) is 1.20. The Kier molecular flexibility index (Phi) is 6.57. The second-order valence-electron chi connectivity index (χ2n) is 3.75. The summed E-state index contributed by atoms with van der Waals surface area (Å²) in [6.07, 6.45) is -11.4. The highest BCUT2D eigenvalue weighted by atomic mass is 19.4. The van der Waals surface area contributed by atoms with Crippen LogP contribution in [0.4, 0.5) is 26.3 Å². The van der Waals surface area contributed by atoms with Crippen LogP contribution in [0.25, 0.3) is 0 Å². The van der Waals surface area contributed by atoms with E-state index >= 15 is 0 Å². The first kappa shape index (κ1) is 18.0. The second kappa shape index (κ2) is 6.94. The van der Waals surface area contributed by atoms with Gasteiger partial charge in [0.2, 0.25) is 11.8 Å². The molecule has 0 heterocycles. The Bertz CT molecular complexity index is 271. The number of amides is 1. The minimum Gasteiger partial charge on any atom is -0.383 e. The van der Waals surface area contributed by atoms with Gasteiger partial charge in [-0.25, -0.2) is 0 Å². The average molecular weight is 296 g/mol. The zero-order valence-electron chi connectivity index (χ0n) is 9.94. The SMILES string of the molecule is COCC(CCN)NC(=O)C(C(F)(F)F)C(F)(F)F. The van der Waals surface area contributed by atoms with Crippen LogP contribution in [0.3, 0.4) is 0 Å². The van der Waals surface area contributed by atoms with E-state index in [1.165, 1.54) is 7.11 Å². The van der Waals surface area contributed by atoms with Gasteiger partial charge in [-0.15, -0.1) is 0 Å². The van der Waals surface area contributed by atoms with Gasteiger partial charge in [0.05, 0.1) is 12.6 Å². The molecule has 3 N–H and O–H groups in total. The summed E-state index contributed by atoms with van der Waals surface area (Å²) in [5, 5.41) is 1.65. The molecule has 0 saturated heterocycles. The van der Waals surface area contributed by atoms with Gasteiger partial charge in [-0.05, 0) is 13.0 Å². The van der Waals surface area contributed by atoms with Crippen molar-refractivity contribution in [3.63, 3.8) is 0 Å². The van der Waals surface area contributed by atoms with E-state index in [2.05, 4.69) is 4.74 Å². The first-order valence-corrected chi connectivity index (χ1v) is 5.16. The van der Waals surface area contributed by atoms with Gasteiger partial charge >= 0.3 is 12.4 Å². The minimum absolute atomic E-state index is 0.00200. The lowest BCUT2D eigenvalue weighted by Crippen LogP contribution is -2.51. The maximum absolute atomic E-state index is 12.3. The first-order chi connectivity index (χ1) is 8.54. The Morgan fingerprint density at radius 2 is 1.68 bits per heavy atom. The number of nitrogens with two attached hydrogens (primary N) is 1. The first-order valence-electron chi connectivity index (χ1n) is 5.16. The molecule has 1 unspecified atom stereocenters. The predicted octanol–water partition coefficient (Wildman–Crippen LogP) is 1.21. The maximum atomic E-state index is 12.3. The Hall–Kier alpha value is -1.03. The molecule has 1 atom stereocenters. The quantitative estimate of drug-likeness (QED) is 0.724. The Morgan fingerprint density at radius 3 is 2.00 bits per heavy atom. The molecular weight excluding hydrogens is 282 g/mol. The Labute approximate surface area is 105 Å². The number of halogens is 6. The van der Waals surface area contributed by atoms with Crippen LogP contribution in [0.15, 0.2) is 0 Å². The third kappa shape index (κ3) is 6.10. The average Bonchev–Trinajstić information content (AvgIpc) is 2.12. The summed E-state index contributed by atoms with van der Waals surface area (Å²) in [4.78, 5) is 11.1. The minimum atomic E-state index is -5.71. The van der Waals surface area contributed by atoms with E-state index in [1.807, 2.05) is 0 Å². The van der Waals surface area contributed by atoms with E-state index in [0.717, 1.165) is 0 Å². The van der Waals surface area contributed by atoms with Crippen molar-refractivity contribution in [2.75, 3.05) is 20.3 Å². The summed E-state index contributed by atoms with van der Waals surface area (Å²) in [6.45, 7) is -0.248. The van der Waals surface area contributed by atoms with Crippen LogP contribution in [-0.2, 0) is 9.53 Å². The molecule has 0 aromatic carbocycles. The second-order valence-corrected chi connectivity index (χ2v) is 3.75. The van der Waals surface area contributed by atoms with Crippen LogP contribution in [0, 0.1) is 5.92 Å². The van der Waals surface area contributed by atoms with Crippen LogP contribution in [0.1, 0.15) is 6.42 Å². The van der Waals surface area contributed by atoms with Gasteiger partial charge in [-0.1, -0.05) is 0 Å². The zero-order valence-corrected chi connectivity index (χ0v) is 9.94. The number of hydrogen-bond donors (Lipinski definition) is 2. The van der Waals surface area contributed by atoms with Crippen molar-refractivity contribution < 1.29 is 35.9 Å². The summed E-state index contributed by atoms with van der Waals surface area (Å²) >= 11 is 0. The standard InChI is InChI=1S/C9H14F6N2O2/c1-19-4-5(2-3-16)17-7(18)6(8(10,11)12)9(13,14)15/h5-6H,2-4,16H2,1H3,(H,17,18). The van der Waals surface area contributed by atoms with Gasteiger partial charge in [0.15, 0.2) is 0 Å². The van der Waals surface area contributed by atoms with Gasteiger partial charge in [0, 0.05) is 7.11 Å². The monoisotopic (exact) mass is 296 g/mol. The molecule has 0 spiro atoms. The summed E-state index contributed by atoms with van der Waals surface area (Å²) in [5.41, 5.74) is 5.13. The molecule has 0 bridgehead atoms. The molecule has 114 valence electrons. The van der Waals surface area contributed by atoms with Crippen LogP contribution in [-0.4, -0.2) is 44.6 Å². The lowest BCUT2D eigenvalue weighted by atomic mass is 10.1. The van der Waals surface area contributed by atoms with E-state index in [4.69, 9.17) is 5.73 Å². The molecule has 0 aliphatic heterocycles. The molecule has 4 nitrogen and oxygen atoms in total. The molecule has 19 heavy (non-hydrogen) atoms. The summed E-state index contributed by atoms with van der Waals surface area (Å²) in [6, 6.07) is -1.00. The van der Waals surface area contributed by atoms with Crippen LogP contribution in [0.2, 0.25) is 0 Å². The zero-order chi connectivity index (χ0) is 15.3. The number of ether oxygens (including phenoxy) is 1. The fourth-order valence-electron chi connectivity index (χ4n) is 1.37. The van der Waals surface area contributed by atoms with Crippen LogP contribution >= 0.6 is 0 Å². The highest BCUT2D eigenvalue weighted by Gasteiger charge is 2.61. The molecule has 0 aliphatic rings. The number of hydrogen-bond acceptors (Lipinski definition) is 3. The molecule has 0 fully saturated rings.